The molecule has 1 aliphatic heterocycles. The maximum atomic E-state index is 9.95. The molecule has 1 heterocycles. The predicted octanol–water partition coefficient (Wildman–Crippen LogP) is 1.81. The highest BCUT2D eigenvalue weighted by molar-refractivity contribution is 5.20. The minimum absolute atomic E-state index is 0.185. The molecule has 2 atom stereocenters. The van der Waals surface area contributed by atoms with E-state index in [2.05, 4.69) is 24.1 Å². The number of hydrogen-bond donors (Lipinski definition) is 1. The van der Waals surface area contributed by atoms with Gasteiger partial charge in [-0.2, -0.15) is 0 Å². The van der Waals surface area contributed by atoms with Crippen molar-refractivity contribution in [1.29, 1.82) is 0 Å². The first-order valence-corrected chi connectivity index (χ1v) is 5.22. The fourth-order valence-corrected chi connectivity index (χ4v) is 2.27. The molecule has 2 unspecified atom stereocenters. The molecule has 1 aliphatic rings. The molecule has 1 N–H and O–H groups in total. The van der Waals surface area contributed by atoms with Crippen molar-refractivity contribution in [2.45, 2.75) is 25.0 Å². The fraction of sp³-hybridized carbons (Fsp3) is 0.500. The van der Waals surface area contributed by atoms with Crippen LogP contribution in [0, 0.1) is 0 Å². The maximum Gasteiger partial charge on any atom is 0.0737 e. The number of hydrogen-bond acceptors (Lipinski definition) is 2. The Morgan fingerprint density at radius 3 is 2.64 bits per heavy atom. The zero-order chi connectivity index (χ0) is 9.97. The summed E-state index contributed by atoms with van der Waals surface area (Å²) in [5, 5.41) is 9.95. The summed E-state index contributed by atoms with van der Waals surface area (Å²) in [4.78, 5) is 2.24. The molecule has 76 valence electrons. The average molecular weight is 191 g/mol. The van der Waals surface area contributed by atoms with Gasteiger partial charge in [0.15, 0.2) is 0 Å². The highest BCUT2D eigenvalue weighted by atomic mass is 16.3. The second-order valence-electron chi connectivity index (χ2n) is 4.05. The van der Waals surface area contributed by atoms with E-state index in [-0.39, 0.29) is 12.1 Å². The molecule has 1 saturated heterocycles. The van der Waals surface area contributed by atoms with Gasteiger partial charge in [0.1, 0.15) is 0 Å². The van der Waals surface area contributed by atoms with Crippen LogP contribution in [0.3, 0.4) is 0 Å². The molecule has 14 heavy (non-hydrogen) atoms. The van der Waals surface area contributed by atoms with Crippen LogP contribution in [-0.2, 0) is 0 Å². The zero-order valence-electron chi connectivity index (χ0n) is 8.56. The molecule has 2 heteroatoms. The quantitative estimate of drug-likeness (QED) is 0.732. The smallest absolute Gasteiger partial charge is 0.0737 e. The van der Waals surface area contributed by atoms with Crippen LogP contribution in [0.1, 0.15) is 24.4 Å². The number of aliphatic hydroxyl groups is 1. The molecule has 1 fully saturated rings. The third-order valence-corrected chi connectivity index (χ3v) is 2.99. The van der Waals surface area contributed by atoms with E-state index < -0.39 is 0 Å². The Bertz CT molecular complexity index is 276. The Morgan fingerprint density at radius 1 is 1.29 bits per heavy atom. The van der Waals surface area contributed by atoms with Crippen molar-refractivity contribution in [3.63, 3.8) is 0 Å². The maximum absolute atomic E-state index is 9.95. The van der Waals surface area contributed by atoms with Crippen LogP contribution in [0.4, 0.5) is 0 Å². The first-order chi connectivity index (χ1) is 6.79. The molecule has 0 amide bonds. The van der Waals surface area contributed by atoms with E-state index in [1.165, 1.54) is 5.56 Å². The van der Waals surface area contributed by atoms with Gasteiger partial charge in [0.2, 0.25) is 0 Å². The highest BCUT2D eigenvalue weighted by Crippen LogP contribution is 2.29. The number of rotatable bonds is 1. The number of piperidine rings is 1. The minimum atomic E-state index is -0.212. The van der Waals surface area contributed by atoms with Gasteiger partial charge >= 0.3 is 0 Å². The molecule has 0 bridgehead atoms. The molecule has 0 spiro atoms. The molecule has 1 aromatic carbocycles. The van der Waals surface area contributed by atoms with Crippen LogP contribution >= 0.6 is 0 Å². The van der Waals surface area contributed by atoms with E-state index in [0.29, 0.717) is 0 Å². The van der Waals surface area contributed by atoms with Crippen LogP contribution in [-0.4, -0.2) is 29.7 Å². The summed E-state index contributed by atoms with van der Waals surface area (Å²) in [7, 11) is 2.08. The molecular weight excluding hydrogens is 174 g/mol. The third-order valence-electron chi connectivity index (χ3n) is 2.99. The first kappa shape index (κ1) is 9.69. The normalized spacial score (nSPS) is 29.0. The van der Waals surface area contributed by atoms with Gasteiger partial charge in [-0.3, -0.25) is 4.90 Å². The van der Waals surface area contributed by atoms with E-state index in [4.69, 9.17) is 0 Å². The first-order valence-electron chi connectivity index (χ1n) is 5.22. The van der Waals surface area contributed by atoms with Gasteiger partial charge in [-0.15, -0.1) is 0 Å². The van der Waals surface area contributed by atoms with Gasteiger partial charge in [-0.25, -0.2) is 0 Å². The Morgan fingerprint density at radius 2 is 2.00 bits per heavy atom. The molecule has 1 aromatic rings. The predicted molar refractivity (Wildman–Crippen MR) is 57.1 cm³/mol. The summed E-state index contributed by atoms with van der Waals surface area (Å²) in [6, 6.07) is 10.4. The molecule has 2 nitrogen and oxygen atoms in total. The lowest BCUT2D eigenvalue weighted by Crippen LogP contribution is -2.39. The summed E-state index contributed by atoms with van der Waals surface area (Å²) in [5.41, 5.74) is 1.22. The molecule has 0 aliphatic carbocycles. The highest BCUT2D eigenvalue weighted by Gasteiger charge is 2.28. The fourth-order valence-electron chi connectivity index (χ4n) is 2.27. The number of aliphatic hydroxyl groups excluding tert-OH is 1. The minimum Gasteiger partial charge on any atom is -0.391 e. The van der Waals surface area contributed by atoms with E-state index >= 15 is 0 Å². The third kappa shape index (κ3) is 1.81. The SMILES string of the molecule is CN1CCCC(O)C1c1ccccc1. The Kier molecular flexibility index (Phi) is 2.85. The van der Waals surface area contributed by atoms with Crippen molar-refractivity contribution in [1.82, 2.24) is 4.90 Å². The van der Waals surface area contributed by atoms with Crippen LogP contribution in [0.5, 0.6) is 0 Å². The van der Waals surface area contributed by atoms with Crippen LogP contribution in [0.15, 0.2) is 30.3 Å². The lowest BCUT2D eigenvalue weighted by Gasteiger charge is -2.36. The molecular formula is C12H17NO. The molecule has 0 saturated carbocycles. The molecule has 2 rings (SSSR count). The number of likely N-dealkylation sites (tertiary alicyclic amines) is 1. The zero-order valence-corrected chi connectivity index (χ0v) is 8.56. The van der Waals surface area contributed by atoms with Crippen molar-refractivity contribution in [3.05, 3.63) is 35.9 Å². The van der Waals surface area contributed by atoms with Gasteiger partial charge in [-0.1, -0.05) is 30.3 Å². The lowest BCUT2D eigenvalue weighted by molar-refractivity contribution is 0.0242. The summed E-state index contributed by atoms with van der Waals surface area (Å²) in [6.45, 7) is 1.08. The second-order valence-corrected chi connectivity index (χ2v) is 4.05. The second kappa shape index (κ2) is 4.11. The van der Waals surface area contributed by atoms with E-state index in [1.807, 2.05) is 18.2 Å². The van der Waals surface area contributed by atoms with Gasteiger partial charge < -0.3 is 5.11 Å². The van der Waals surface area contributed by atoms with Gasteiger partial charge in [-0.05, 0) is 32.0 Å². The monoisotopic (exact) mass is 191 g/mol. The molecule has 0 aromatic heterocycles. The topological polar surface area (TPSA) is 23.5 Å². The van der Waals surface area contributed by atoms with Crippen molar-refractivity contribution >= 4 is 0 Å². The number of likely N-dealkylation sites (N-methyl/N-ethyl adjacent to an activating group) is 1. The van der Waals surface area contributed by atoms with Crippen molar-refractivity contribution < 1.29 is 5.11 Å². The van der Waals surface area contributed by atoms with Crippen LogP contribution in [0.2, 0.25) is 0 Å². The van der Waals surface area contributed by atoms with Crippen molar-refractivity contribution in [3.8, 4) is 0 Å². The Hall–Kier alpha value is -0.860. The van der Waals surface area contributed by atoms with Crippen molar-refractivity contribution in [2.24, 2.45) is 0 Å². The van der Waals surface area contributed by atoms with E-state index in [1.54, 1.807) is 0 Å². The van der Waals surface area contributed by atoms with Gasteiger partial charge in [0, 0.05) is 0 Å². The Labute approximate surface area is 85.2 Å². The summed E-state index contributed by atoms with van der Waals surface area (Å²) < 4.78 is 0. The Balaban J connectivity index is 2.23. The summed E-state index contributed by atoms with van der Waals surface area (Å²) in [6.07, 6.45) is 1.81. The van der Waals surface area contributed by atoms with Crippen LogP contribution in [0.25, 0.3) is 0 Å². The lowest BCUT2D eigenvalue weighted by atomic mass is 9.93. The summed E-state index contributed by atoms with van der Waals surface area (Å²) in [5.74, 6) is 0. The van der Waals surface area contributed by atoms with Gasteiger partial charge in [0.25, 0.3) is 0 Å². The van der Waals surface area contributed by atoms with Crippen molar-refractivity contribution in [2.75, 3.05) is 13.6 Å². The standard InChI is InChI=1S/C12H17NO/c1-13-9-5-8-11(14)12(13)10-6-3-2-4-7-10/h2-4,6-7,11-12,14H,5,8-9H2,1H3. The average Bonchev–Trinajstić information content (AvgIpc) is 2.19. The largest absolute Gasteiger partial charge is 0.391 e. The van der Waals surface area contributed by atoms with Gasteiger partial charge in [0.05, 0.1) is 12.1 Å². The number of benzene rings is 1. The summed E-state index contributed by atoms with van der Waals surface area (Å²) >= 11 is 0. The number of nitrogens with zero attached hydrogens (tertiary/aromatic N) is 1. The van der Waals surface area contributed by atoms with E-state index in [9.17, 15) is 5.11 Å². The van der Waals surface area contributed by atoms with Crippen LogP contribution < -0.4 is 0 Å². The molecule has 0 radical (unpaired) electrons. The van der Waals surface area contributed by atoms with E-state index in [0.717, 1.165) is 19.4 Å².